The highest BCUT2D eigenvalue weighted by Gasteiger charge is 2.41. The van der Waals surface area contributed by atoms with E-state index >= 15 is 0 Å². The standard InChI is InChI=1S/C23H33N3O3/c1-23(2,3)16-8-15-4-6-25(22(27)26-11-17-10-18(12-26)29-17)13-20(15)19(9-16)21-14-28-7-5-24-21/h8-9,17-18,21,24H,4-7,10-14H2,1-3H3/t17?,18?,21-/m0/s1. The van der Waals surface area contributed by atoms with Gasteiger partial charge in [-0.2, -0.15) is 0 Å². The zero-order valence-electron chi connectivity index (χ0n) is 17.9. The number of benzene rings is 1. The molecule has 2 unspecified atom stereocenters. The number of ether oxygens (including phenoxy) is 2. The Kier molecular flexibility index (Phi) is 4.84. The zero-order chi connectivity index (χ0) is 20.2. The summed E-state index contributed by atoms with van der Waals surface area (Å²) in [6.45, 7) is 12.1. The topological polar surface area (TPSA) is 54.0 Å². The second-order valence-electron chi connectivity index (χ2n) is 10.0. The SMILES string of the molecule is CC(C)(C)c1cc2c(c([C@@H]3COCCN3)c1)CN(C(=O)N1CC3CC(C1)O3)CC2. The van der Waals surface area contributed by atoms with E-state index < -0.39 is 0 Å². The normalized spacial score (nSPS) is 29.3. The summed E-state index contributed by atoms with van der Waals surface area (Å²) in [4.78, 5) is 17.2. The maximum atomic E-state index is 13.2. The van der Waals surface area contributed by atoms with E-state index in [4.69, 9.17) is 9.47 Å². The van der Waals surface area contributed by atoms with Gasteiger partial charge in [0.05, 0.1) is 31.5 Å². The van der Waals surface area contributed by atoms with Crippen molar-refractivity contribution in [2.45, 2.75) is 63.8 Å². The van der Waals surface area contributed by atoms with Gasteiger partial charge in [0.1, 0.15) is 0 Å². The number of urea groups is 1. The van der Waals surface area contributed by atoms with E-state index in [0.717, 1.165) is 45.6 Å². The number of piperidine rings is 1. The number of hydrogen-bond donors (Lipinski definition) is 1. The summed E-state index contributed by atoms with van der Waals surface area (Å²) in [5.41, 5.74) is 5.50. The third kappa shape index (κ3) is 3.66. The van der Waals surface area contributed by atoms with E-state index in [9.17, 15) is 4.79 Å². The van der Waals surface area contributed by atoms with E-state index in [0.29, 0.717) is 13.2 Å². The van der Waals surface area contributed by atoms with Crippen LogP contribution in [0.2, 0.25) is 0 Å². The monoisotopic (exact) mass is 399 g/mol. The molecule has 6 nitrogen and oxygen atoms in total. The summed E-state index contributed by atoms with van der Waals surface area (Å²) < 4.78 is 11.5. The predicted octanol–water partition coefficient (Wildman–Crippen LogP) is 2.60. The van der Waals surface area contributed by atoms with Crippen molar-refractivity contribution in [1.82, 2.24) is 15.1 Å². The first-order valence-electron chi connectivity index (χ1n) is 11.0. The van der Waals surface area contributed by atoms with Crippen LogP contribution >= 0.6 is 0 Å². The molecule has 0 saturated carbocycles. The maximum Gasteiger partial charge on any atom is 0.320 e. The van der Waals surface area contributed by atoms with Crippen LogP contribution in [0.15, 0.2) is 12.1 Å². The number of nitrogens with zero attached hydrogens (tertiary/aromatic N) is 2. The quantitative estimate of drug-likeness (QED) is 0.789. The van der Waals surface area contributed by atoms with Crippen LogP contribution in [0.1, 0.15) is 55.5 Å². The Balaban J connectivity index is 1.43. The molecular formula is C23H33N3O3. The van der Waals surface area contributed by atoms with Gasteiger partial charge in [0, 0.05) is 39.1 Å². The van der Waals surface area contributed by atoms with E-state index in [1.807, 2.05) is 9.80 Å². The summed E-state index contributed by atoms with van der Waals surface area (Å²) in [7, 11) is 0. The molecule has 2 bridgehead atoms. The van der Waals surface area contributed by atoms with Gasteiger partial charge < -0.3 is 24.6 Å². The summed E-state index contributed by atoms with van der Waals surface area (Å²) in [5, 5.41) is 3.63. The van der Waals surface area contributed by atoms with Crippen LogP contribution in [0.4, 0.5) is 4.79 Å². The van der Waals surface area contributed by atoms with Gasteiger partial charge in [-0.15, -0.1) is 0 Å². The van der Waals surface area contributed by atoms with Crippen molar-refractivity contribution >= 4 is 6.03 Å². The third-order valence-corrected chi connectivity index (χ3v) is 6.84. The third-order valence-electron chi connectivity index (χ3n) is 6.84. The fourth-order valence-electron chi connectivity index (χ4n) is 5.08. The number of hydrogen-bond acceptors (Lipinski definition) is 4. The van der Waals surface area contributed by atoms with Crippen LogP contribution < -0.4 is 5.32 Å². The van der Waals surface area contributed by atoms with Crippen molar-refractivity contribution in [3.63, 3.8) is 0 Å². The molecule has 4 saturated heterocycles. The molecule has 1 N–H and O–H groups in total. The molecule has 0 aromatic heterocycles. The molecule has 158 valence electrons. The maximum absolute atomic E-state index is 13.2. The molecule has 5 aliphatic rings. The Morgan fingerprint density at radius 3 is 2.59 bits per heavy atom. The number of fused-ring (bicyclic) bond motifs is 3. The van der Waals surface area contributed by atoms with Crippen LogP contribution in [-0.4, -0.2) is 67.4 Å². The number of amides is 2. The lowest BCUT2D eigenvalue weighted by atomic mass is 9.80. The van der Waals surface area contributed by atoms with Crippen molar-refractivity contribution in [2.75, 3.05) is 39.4 Å². The second kappa shape index (κ2) is 7.25. The molecule has 0 spiro atoms. The minimum Gasteiger partial charge on any atom is -0.378 e. The van der Waals surface area contributed by atoms with Crippen LogP contribution in [0.5, 0.6) is 0 Å². The molecule has 0 aliphatic carbocycles. The minimum absolute atomic E-state index is 0.0983. The van der Waals surface area contributed by atoms with E-state index in [2.05, 4.69) is 38.2 Å². The Morgan fingerprint density at radius 2 is 1.93 bits per heavy atom. The van der Waals surface area contributed by atoms with Gasteiger partial charge in [0.2, 0.25) is 0 Å². The molecule has 6 heteroatoms. The molecule has 5 heterocycles. The number of carbonyl (C=O) groups excluding carboxylic acids is 1. The zero-order valence-corrected chi connectivity index (χ0v) is 17.9. The largest absolute Gasteiger partial charge is 0.378 e. The lowest BCUT2D eigenvalue weighted by molar-refractivity contribution is -0.172. The van der Waals surface area contributed by atoms with Gasteiger partial charge >= 0.3 is 6.03 Å². The first kappa shape index (κ1) is 19.3. The first-order chi connectivity index (χ1) is 13.9. The summed E-state index contributed by atoms with van der Waals surface area (Å²) in [6, 6.07) is 5.09. The van der Waals surface area contributed by atoms with Crippen molar-refractivity contribution in [3.8, 4) is 0 Å². The Bertz CT molecular complexity index is 781. The fraction of sp³-hybridized carbons (Fsp3) is 0.696. The molecule has 1 aromatic rings. The average molecular weight is 400 g/mol. The number of rotatable bonds is 1. The molecular weight excluding hydrogens is 366 g/mol. The van der Waals surface area contributed by atoms with Crippen LogP contribution in [0, 0.1) is 0 Å². The van der Waals surface area contributed by atoms with Gasteiger partial charge in [-0.3, -0.25) is 0 Å². The number of morpholine rings is 2. The van der Waals surface area contributed by atoms with Crippen molar-refractivity contribution in [2.24, 2.45) is 0 Å². The Morgan fingerprint density at radius 1 is 1.17 bits per heavy atom. The van der Waals surface area contributed by atoms with Gasteiger partial charge in [0.25, 0.3) is 0 Å². The lowest BCUT2D eigenvalue weighted by Crippen LogP contribution is -2.61. The van der Waals surface area contributed by atoms with Crippen LogP contribution in [0.25, 0.3) is 0 Å². The summed E-state index contributed by atoms with van der Waals surface area (Å²) in [5.74, 6) is 0. The average Bonchev–Trinajstić information content (AvgIpc) is 2.71. The molecule has 1 aromatic carbocycles. The number of carbonyl (C=O) groups is 1. The van der Waals surface area contributed by atoms with Crippen LogP contribution in [-0.2, 0) is 27.9 Å². The molecule has 6 rings (SSSR count). The predicted molar refractivity (Wildman–Crippen MR) is 111 cm³/mol. The second-order valence-corrected chi connectivity index (χ2v) is 10.0. The van der Waals surface area contributed by atoms with Gasteiger partial charge in [0.15, 0.2) is 0 Å². The van der Waals surface area contributed by atoms with Crippen molar-refractivity contribution in [1.29, 1.82) is 0 Å². The molecule has 29 heavy (non-hydrogen) atoms. The smallest absolute Gasteiger partial charge is 0.320 e. The first-order valence-corrected chi connectivity index (χ1v) is 11.0. The highest BCUT2D eigenvalue weighted by atomic mass is 16.5. The molecule has 0 radical (unpaired) electrons. The van der Waals surface area contributed by atoms with Gasteiger partial charge in [-0.25, -0.2) is 4.79 Å². The summed E-state index contributed by atoms with van der Waals surface area (Å²) in [6.07, 6.45) is 2.54. The highest BCUT2D eigenvalue weighted by molar-refractivity contribution is 5.75. The van der Waals surface area contributed by atoms with E-state index in [-0.39, 0.29) is 29.7 Å². The molecule has 5 aliphatic heterocycles. The van der Waals surface area contributed by atoms with Gasteiger partial charge in [-0.05, 0) is 34.1 Å². The number of nitrogens with one attached hydrogen (secondary N) is 1. The molecule has 3 atom stereocenters. The molecule has 4 fully saturated rings. The fourth-order valence-corrected chi connectivity index (χ4v) is 5.08. The van der Waals surface area contributed by atoms with Crippen molar-refractivity contribution < 1.29 is 14.3 Å². The summed E-state index contributed by atoms with van der Waals surface area (Å²) >= 11 is 0. The van der Waals surface area contributed by atoms with Crippen molar-refractivity contribution in [3.05, 3.63) is 34.4 Å². The highest BCUT2D eigenvalue weighted by Crippen LogP contribution is 2.35. The van der Waals surface area contributed by atoms with E-state index in [1.54, 1.807) is 0 Å². The molecule has 2 amide bonds. The lowest BCUT2D eigenvalue weighted by Gasteiger charge is -2.48. The van der Waals surface area contributed by atoms with Crippen LogP contribution in [0.3, 0.4) is 0 Å². The van der Waals surface area contributed by atoms with E-state index in [1.165, 1.54) is 22.3 Å². The Labute approximate surface area is 173 Å². The van der Waals surface area contributed by atoms with Gasteiger partial charge in [-0.1, -0.05) is 32.9 Å². The Hall–Kier alpha value is -1.63. The minimum atomic E-state index is 0.0983.